The first-order valence-electron chi connectivity index (χ1n) is 11.1. The van der Waals surface area contributed by atoms with Gasteiger partial charge in [0.1, 0.15) is 11.6 Å². The quantitative estimate of drug-likeness (QED) is 0.420. The zero-order valence-corrected chi connectivity index (χ0v) is 18.7. The highest BCUT2D eigenvalue weighted by atomic mass is 19.1. The van der Waals surface area contributed by atoms with Crippen molar-refractivity contribution in [1.82, 2.24) is 9.80 Å². The van der Waals surface area contributed by atoms with E-state index in [0.717, 1.165) is 12.1 Å². The summed E-state index contributed by atoms with van der Waals surface area (Å²) in [6.45, 7) is 3.04. The zero-order valence-electron chi connectivity index (χ0n) is 18.7. The molecule has 8 nitrogen and oxygen atoms in total. The van der Waals surface area contributed by atoms with Gasteiger partial charge in [-0.25, -0.2) is 4.39 Å². The minimum absolute atomic E-state index is 0.110. The van der Waals surface area contributed by atoms with Crippen LogP contribution in [0.25, 0.3) is 5.76 Å². The maximum absolute atomic E-state index is 13.9. The summed E-state index contributed by atoms with van der Waals surface area (Å²) in [6.07, 6.45) is 0. The van der Waals surface area contributed by atoms with Crippen LogP contribution in [0.15, 0.2) is 54.1 Å². The van der Waals surface area contributed by atoms with E-state index in [-0.39, 0.29) is 17.7 Å². The third-order valence-corrected chi connectivity index (χ3v) is 6.80. The number of amides is 2. The number of carbonyl (C=O) groups excluding carboxylic acids is 3. The van der Waals surface area contributed by atoms with Gasteiger partial charge in [0.2, 0.25) is 0 Å². The molecule has 1 spiro atoms. The fraction of sp³-hybridized carbons (Fsp3) is 0.320. The Morgan fingerprint density at radius 1 is 1.03 bits per heavy atom. The third-order valence-electron chi connectivity index (χ3n) is 6.80. The van der Waals surface area contributed by atoms with Gasteiger partial charge >= 0.3 is 0 Å². The van der Waals surface area contributed by atoms with Gasteiger partial charge in [-0.05, 0) is 30.3 Å². The number of carbonyl (C=O) groups is 3. The smallest absolute Gasteiger partial charge is 0.296 e. The average Bonchev–Trinajstić information content (AvgIpc) is 3.22. The van der Waals surface area contributed by atoms with E-state index in [2.05, 4.69) is 4.90 Å². The number of rotatable bonds is 4. The Hall–Kier alpha value is -3.56. The van der Waals surface area contributed by atoms with Gasteiger partial charge in [0.15, 0.2) is 5.54 Å². The molecular weight excluding hydrogens is 441 g/mol. The first-order valence-corrected chi connectivity index (χ1v) is 11.1. The molecule has 3 aliphatic heterocycles. The first kappa shape index (κ1) is 22.2. The van der Waals surface area contributed by atoms with Crippen molar-refractivity contribution in [3.05, 3.63) is 71.0 Å². The molecular formula is C25H24FN3O5. The van der Waals surface area contributed by atoms with Gasteiger partial charge in [0.05, 0.1) is 18.8 Å². The zero-order chi connectivity index (χ0) is 24.0. The lowest BCUT2D eigenvalue weighted by molar-refractivity contribution is -0.144. The summed E-state index contributed by atoms with van der Waals surface area (Å²) < 4.78 is 18.9. The molecule has 3 aliphatic rings. The Morgan fingerprint density at radius 2 is 1.71 bits per heavy atom. The van der Waals surface area contributed by atoms with Crippen LogP contribution in [0.1, 0.15) is 11.1 Å². The minimum Gasteiger partial charge on any atom is -0.507 e. The van der Waals surface area contributed by atoms with Crippen LogP contribution in [0.4, 0.5) is 10.1 Å². The van der Waals surface area contributed by atoms with Crippen molar-refractivity contribution in [2.24, 2.45) is 0 Å². The molecule has 0 aliphatic carbocycles. The van der Waals surface area contributed by atoms with Gasteiger partial charge in [-0.2, -0.15) is 0 Å². The van der Waals surface area contributed by atoms with Crippen molar-refractivity contribution in [1.29, 1.82) is 0 Å². The predicted molar refractivity (Wildman–Crippen MR) is 121 cm³/mol. The number of anilines is 1. The molecule has 1 atom stereocenters. The summed E-state index contributed by atoms with van der Waals surface area (Å²) in [5, 5.41) is 11.2. The Kier molecular flexibility index (Phi) is 5.45. The second-order valence-electron chi connectivity index (χ2n) is 8.56. The predicted octanol–water partition coefficient (Wildman–Crippen LogP) is 1.71. The van der Waals surface area contributed by atoms with Crippen molar-refractivity contribution < 1.29 is 28.6 Å². The monoisotopic (exact) mass is 465 g/mol. The van der Waals surface area contributed by atoms with E-state index < -0.39 is 34.7 Å². The molecule has 176 valence electrons. The number of aliphatic hydroxyl groups excluding tert-OH is 1. The number of ketones is 1. The minimum atomic E-state index is -1.80. The van der Waals surface area contributed by atoms with Crippen molar-refractivity contribution in [2.75, 3.05) is 51.3 Å². The molecule has 0 saturated carbocycles. The normalized spacial score (nSPS) is 24.4. The maximum atomic E-state index is 13.9. The average molecular weight is 465 g/mol. The Balaban J connectivity index is 1.69. The number of likely N-dealkylation sites (tertiary alicyclic amines) is 1. The molecule has 9 heteroatoms. The maximum Gasteiger partial charge on any atom is 0.296 e. The Bertz CT molecular complexity index is 1210. The van der Waals surface area contributed by atoms with E-state index in [1.807, 2.05) is 0 Å². The summed E-state index contributed by atoms with van der Waals surface area (Å²) in [4.78, 5) is 45.4. The molecule has 2 saturated heterocycles. The van der Waals surface area contributed by atoms with Gasteiger partial charge in [-0.3, -0.25) is 19.3 Å². The summed E-state index contributed by atoms with van der Waals surface area (Å²) in [5.74, 6) is -3.32. The number of fused-ring (bicyclic) bond motifs is 2. The molecule has 0 bridgehead atoms. The molecule has 2 amide bonds. The lowest BCUT2D eigenvalue weighted by Crippen LogP contribution is -2.53. The fourth-order valence-electron chi connectivity index (χ4n) is 5.09. The van der Waals surface area contributed by atoms with Crippen molar-refractivity contribution >= 4 is 29.0 Å². The standard InChI is InChI=1S/C25H24FN3O5/c1-27-19-5-3-2-4-18(19)25(24(27)33)20(21(30)16-6-8-17(26)9-7-16)22(31)23(32)29(25)11-10-28-12-14-34-15-13-28/h2-9,30H,10-15H2,1H3/t25-/m1/s1. The highest BCUT2D eigenvalue weighted by Gasteiger charge is 2.66. The van der Waals surface area contributed by atoms with E-state index in [1.54, 1.807) is 31.3 Å². The fourth-order valence-corrected chi connectivity index (χ4v) is 5.09. The van der Waals surface area contributed by atoms with Gasteiger partial charge in [-0.1, -0.05) is 18.2 Å². The van der Waals surface area contributed by atoms with E-state index in [4.69, 9.17) is 4.74 Å². The van der Waals surface area contributed by atoms with Crippen LogP contribution in [0.5, 0.6) is 0 Å². The number of halogens is 1. The second kappa shape index (κ2) is 8.34. The van der Waals surface area contributed by atoms with E-state index >= 15 is 0 Å². The van der Waals surface area contributed by atoms with Crippen LogP contribution in [0, 0.1) is 5.82 Å². The van der Waals surface area contributed by atoms with Crippen LogP contribution in [0.3, 0.4) is 0 Å². The van der Waals surface area contributed by atoms with Crippen LogP contribution >= 0.6 is 0 Å². The van der Waals surface area contributed by atoms with Crippen LogP contribution < -0.4 is 4.90 Å². The number of benzene rings is 2. The molecule has 5 rings (SSSR count). The number of hydrogen-bond acceptors (Lipinski definition) is 6. The SMILES string of the molecule is CN1C(=O)[C@]2(C(=C(O)c3ccc(F)cc3)C(=O)C(=O)N2CCN2CCOCC2)c2ccccc21. The number of ether oxygens (including phenoxy) is 1. The number of hydrogen-bond donors (Lipinski definition) is 1. The molecule has 0 unspecified atom stereocenters. The lowest BCUT2D eigenvalue weighted by Gasteiger charge is -2.36. The first-order chi connectivity index (χ1) is 16.4. The molecule has 34 heavy (non-hydrogen) atoms. The largest absolute Gasteiger partial charge is 0.507 e. The van der Waals surface area contributed by atoms with Gasteiger partial charge < -0.3 is 19.6 Å². The van der Waals surface area contributed by atoms with Gasteiger partial charge in [0.25, 0.3) is 17.6 Å². The van der Waals surface area contributed by atoms with Crippen LogP contribution in [-0.2, 0) is 24.7 Å². The second-order valence-corrected chi connectivity index (χ2v) is 8.56. The summed E-state index contributed by atoms with van der Waals surface area (Å²) in [6, 6.07) is 11.8. The molecule has 0 radical (unpaired) electrons. The number of morpholine rings is 1. The number of Topliss-reactive ketones (excluding diaryl/α,β-unsaturated/α-hetero) is 1. The summed E-state index contributed by atoms with van der Waals surface area (Å²) >= 11 is 0. The highest BCUT2D eigenvalue weighted by molar-refractivity contribution is 6.50. The van der Waals surface area contributed by atoms with Gasteiger partial charge in [-0.15, -0.1) is 0 Å². The molecule has 2 fully saturated rings. The van der Waals surface area contributed by atoms with E-state index in [9.17, 15) is 23.9 Å². The Morgan fingerprint density at radius 3 is 2.41 bits per heavy atom. The molecule has 3 heterocycles. The number of likely N-dealkylation sites (N-methyl/N-ethyl adjacent to an activating group) is 1. The highest BCUT2D eigenvalue weighted by Crippen LogP contribution is 2.53. The van der Waals surface area contributed by atoms with E-state index in [1.165, 1.54) is 21.9 Å². The topological polar surface area (TPSA) is 90.4 Å². The molecule has 2 aromatic carbocycles. The molecule has 0 aromatic heterocycles. The number of para-hydroxylation sites is 1. The van der Waals surface area contributed by atoms with Crippen molar-refractivity contribution in [3.8, 4) is 0 Å². The molecule has 2 aromatic rings. The van der Waals surface area contributed by atoms with E-state index in [0.29, 0.717) is 44.1 Å². The summed E-state index contributed by atoms with van der Waals surface area (Å²) in [5.41, 5.74) is -0.952. The van der Waals surface area contributed by atoms with Crippen molar-refractivity contribution in [3.63, 3.8) is 0 Å². The van der Waals surface area contributed by atoms with Gasteiger partial charge in [0, 0.05) is 50.0 Å². The third kappa shape index (κ3) is 3.15. The Labute approximate surface area is 195 Å². The lowest BCUT2D eigenvalue weighted by atomic mass is 9.82. The van der Waals surface area contributed by atoms with Crippen LogP contribution in [-0.4, -0.2) is 78.9 Å². The number of nitrogens with zero attached hydrogens (tertiary/aromatic N) is 3. The summed E-state index contributed by atoms with van der Waals surface area (Å²) in [7, 11) is 1.58. The van der Waals surface area contributed by atoms with Crippen LogP contribution in [0.2, 0.25) is 0 Å². The van der Waals surface area contributed by atoms with Crippen molar-refractivity contribution in [2.45, 2.75) is 5.54 Å². The number of aliphatic hydroxyl groups is 1. The molecule has 1 N–H and O–H groups in total.